The van der Waals surface area contributed by atoms with E-state index in [-0.39, 0.29) is 17.2 Å². The molecule has 156 valence electrons. The lowest BCUT2D eigenvalue weighted by Gasteiger charge is -2.39. The minimum atomic E-state index is -0.352. The number of nitrogens with one attached hydrogen (secondary N) is 2. The van der Waals surface area contributed by atoms with Crippen molar-refractivity contribution in [2.45, 2.75) is 32.4 Å². The summed E-state index contributed by atoms with van der Waals surface area (Å²) >= 11 is 1.81. The van der Waals surface area contributed by atoms with Gasteiger partial charge in [0, 0.05) is 30.1 Å². The fraction of sp³-hybridized carbons (Fsp3) is 0.476. The van der Waals surface area contributed by atoms with Crippen molar-refractivity contribution in [3.63, 3.8) is 0 Å². The molecular weight excluding hydrogens is 386 g/mol. The summed E-state index contributed by atoms with van der Waals surface area (Å²) in [5.74, 6) is 1.19. The maximum atomic E-state index is 11.2. The Hall–Kier alpha value is -2.45. The molecule has 8 heteroatoms. The number of nitrogens with zero attached hydrogens (tertiary/aromatic N) is 3. The van der Waals surface area contributed by atoms with Crippen LogP contribution in [0.2, 0.25) is 0 Å². The molecule has 0 spiro atoms. The molecule has 0 saturated carbocycles. The molecule has 1 aliphatic rings. The second-order valence-corrected chi connectivity index (χ2v) is 8.28. The van der Waals surface area contributed by atoms with Gasteiger partial charge in [0.1, 0.15) is 0 Å². The van der Waals surface area contributed by atoms with Gasteiger partial charge in [-0.1, -0.05) is 24.3 Å². The Morgan fingerprint density at radius 2 is 2.14 bits per heavy atom. The molecule has 2 heterocycles. The van der Waals surface area contributed by atoms with Crippen molar-refractivity contribution in [2.24, 2.45) is 10.9 Å². The summed E-state index contributed by atoms with van der Waals surface area (Å²) in [6.07, 6.45) is 2.36. The van der Waals surface area contributed by atoms with Crippen LogP contribution in [0.5, 0.6) is 0 Å². The number of rotatable bonds is 7. The summed E-state index contributed by atoms with van der Waals surface area (Å²) in [5.41, 5.74) is 0.724. The molecule has 1 saturated heterocycles. The molecule has 1 aromatic heterocycles. The number of nitro benzene ring substituents is 1. The Balaban J connectivity index is 1.68. The second-order valence-electron chi connectivity index (χ2n) is 7.31. The number of guanidine groups is 1. The Bertz CT molecular complexity index is 824. The van der Waals surface area contributed by atoms with E-state index in [9.17, 15) is 10.1 Å². The van der Waals surface area contributed by atoms with E-state index in [2.05, 4.69) is 45.1 Å². The van der Waals surface area contributed by atoms with Gasteiger partial charge in [0.15, 0.2) is 5.96 Å². The lowest BCUT2D eigenvalue weighted by atomic mass is 9.88. The number of thiophene rings is 1. The number of para-hydroxylation sites is 1. The van der Waals surface area contributed by atoms with Gasteiger partial charge in [-0.15, -0.1) is 11.3 Å². The fourth-order valence-corrected chi connectivity index (χ4v) is 4.92. The fourth-order valence-electron chi connectivity index (χ4n) is 3.94. The van der Waals surface area contributed by atoms with Crippen molar-refractivity contribution in [2.75, 3.05) is 26.7 Å². The monoisotopic (exact) mass is 415 g/mol. The van der Waals surface area contributed by atoms with Crippen LogP contribution in [-0.4, -0.2) is 42.5 Å². The number of piperidine rings is 1. The van der Waals surface area contributed by atoms with Gasteiger partial charge in [-0.05, 0) is 50.7 Å². The van der Waals surface area contributed by atoms with Gasteiger partial charge in [-0.25, -0.2) is 4.99 Å². The number of aliphatic imine (C=N–C) groups is 1. The maximum Gasteiger partial charge on any atom is 0.274 e. The van der Waals surface area contributed by atoms with Gasteiger partial charge in [-0.2, -0.15) is 0 Å². The molecule has 1 fully saturated rings. The predicted molar refractivity (Wildman–Crippen MR) is 118 cm³/mol. The molecule has 1 aliphatic heterocycles. The highest BCUT2D eigenvalue weighted by Crippen LogP contribution is 2.36. The average Bonchev–Trinajstić information content (AvgIpc) is 3.24. The molecule has 0 bridgehead atoms. The quantitative estimate of drug-likeness (QED) is 0.311. The number of likely N-dealkylation sites (tertiary alicyclic amines) is 1. The van der Waals surface area contributed by atoms with Crippen LogP contribution in [0.1, 0.15) is 36.2 Å². The van der Waals surface area contributed by atoms with Gasteiger partial charge in [0.25, 0.3) is 5.69 Å². The molecule has 2 unspecified atom stereocenters. The Kier molecular flexibility index (Phi) is 7.60. The van der Waals surface area contributed by atoms with Gasteiger partial charge in [-0.3, -0.25) is 15.0 Å². The molecule has 29 heavy (non-hydrogen) atoms. The molecule has 0 aliphatic carbocycles. The first-order valence-electron chi connectivity index (χ1n) is 10.1. The summed E-state index contributed by atoms with van der Waals surface area (Å²) < 4.78 is 0. The zero-order valence-corrected chi connectivity index (χ0v) is 17.8. The van der Waals surface area contributed by atoms with Crippen LogP contribution in [-0.2, 0) is 6.54 Å². The van der Waals surface area contributed by atoms with E-state index in [1.807, 2.05) is 24.3 Å². The molecule has 2 aromatic rings. The van der Waals surface area contributed by atoms with Crippen LogP contribution >= 0.6 is 11.3 Å². The standard InChI is InChI=1S/C21H29N5O2S/c1-3-22-21(23-14-16-8-4-5-10-18(16)26(27)28)24-15-17-9-6-12-25(2)20(17)19-11-7-13-29-19/h4-5,7-8,10-11,13,17,20H,3,6,9,12,14-15H2,1-2H3,(H2,22,23,24). The SMILES string of the molecule is CCNC(=NCc1ccccc1[N+](=O)[O-])NCC1CCCN(C)C1c1cccs1. The number of hydrogen-bond acceptors (Lipinski definition) is 5. The average molecular weight is 416 g/mol. The Morgan fingerprint density at radius 3 is 2.86 bits per heavy atom. The van der Waals surface area contributed by atoms with Crippen molar-refractivity contribution < 1.29 is 4.92 Å². The van der Waals surface area contributed by atoms with Crippen molar-refractivity contribution >= 4 is 23.0 Å². The summed E-state index contributed by atoms with van der Waals surface area (Å²) in [5, 5.41) is 20.1. The number of nitro groups is 1. The largest absolute Gasteiger partial charge is 0.357 e. The van der Waals surface area contributed by atoms with Crippen LogP contribution in [0.25, 0.3) is 0 Å². The van der Waals surface area contributed by atoms with Gasteiger partial charge < -0.3 is 10.6 Å². The number of hydrogen-bond donors (Lipinski definition) is 2. The number of benzene rings is 1. The summed E-state index contributed by atoms with van der Waals surface area (Å²) in [7, 11) is 2.20. The van der Waals surface area contributed by atoms with Crippen LogP contribution in [0.4, 0.5) is 5.69 Å². The van der Waals surface area contributed by atoms with Crippen LogP contribution < -0.4 is 10.6 Å². The van der Waals surface area contributed by atoms with Crippen LogP contribution in [0.3, 0.4) is 0 Å². The van der Waals surface area contributed by atoms with E-state index in [1.165, 1.54) is 23.8 Å². The predicted octanol–water partition coefficient (Wildman–Crippen LogP) is 3.79. The first-order valence-corrected chi connectivity index (χ1v) is 11.0. The van der Waals surface area contributed by atoms with E-state index < -0.39 is 0 Å². The van der Waals surface area contributed by atoms with Gasteiger partial charge >= 0.3 is 0 Å². The summed E-state index contributed by atoms with van der Waals surface area (Å²) in [6.45, 7) is 4.96. The highest BCUT2D eigenvalue weighted by molar-refractivity contribution is 7.10. The van der Waals surface area contributed by atoms with E-state index in [0.717, 1.165) is 19.6 Å². The van der Waals surface area contributed by atoms with Gasteiger partial charge in [0.05, 0.1) is 17.0 Å². The van der Waals surface area contributed by atoms with Crippen molar-refractivity contribution in [1.82, 2.24) is 15.5 Å². The summed E-state index contributed by atoms with van der Waals surface area (Å²) in [4.78, 5) is 19.3. The molecule has 2 N–H and O–H groups in total. The normalized spacial score (nSPS) is 20.4. The lowest BCUT2D eigenvalue weighted by Crippen LogP contribution is -2.44. The van der Waals surface area contributed by atoms with E-state index in [4.69, 9.17) is 0 Å². The van der Waals surface area contributed by atoms with E-state index >= 15 is 0 Å². The highest BCUT2D eigenvalue weighted by atomic mass is 32.1. The maximum absolute atomic E-state index is 11.2. The van der Waals surface area contributed by atoms with E-state index in [0.29, 0.717) is 23.5 Å². The molecule has 3 rings (SSSR count). The molecular formula is C21H29N5O2S. The van der Waals surface area contributed by atoms with Crippen LogP contribution in [0, 0.1) is 16.0 Å². The van der Waals surface area contributed by atoms with E-state index in [1.54, 1.807) is 12.1 Å². The topological polar surface area (TPSA) is 82.8 Å². The van der Waals surface area contributed by atoms with Crippen LogP contribution in [0.15, 0.2) is 46.8 Å². The van der Waals surface area contributed by atoms with Crippen molar-refractivity contribution in [3.8, 4) is 0 Å². The third-order valence-electron chi connectivity index (χ3n) is 5.31. The highest BCUT2D eigenvalue weighted by Gasteiger charge is 2.31. The van der Waals surface area contributed by atoms with Gasteiger partial charge in [0.2, 0.25) is 0 Å². The summed E-state index contributed by atoms with van der Waals surface area (Å²) in [6, 6.07) is 11.5. The Morgan fingerprint density at radius 1 is 1.31 bits per heavy atom. The third kappa shape index (κ3) is 5.55. The van der Waals surface area contributed by atoms with Crippen molar-refractivity contribution in [1.29, 1.82) is 0 Å². The minimum Gasteiger partial charge on any atom is -0.357 e. The zero-order valence-electron chi connectivity index (χ0n) is 17.0. The van der Waals surface area contributed by atoms with Crippen molar-refractivity contribution in [3.05, 3.63) is 62.3 Å². The smallest absolute Gasteiger partial charge is 0.274 e. The molecule has 1 aromatic carbocycles. The zero-order chi connectivity index (χ0) is 20.6. The molecule has 0 amide bonds. The first kappa shape index (κ1) is 21.3. The second kappa shape index (κ2) is 10.4. The third-order valence-corrected chi connectivity index (χ3v) is 6.26. The minimum absolute atomic E-state index is 0.110. The first-order chi connectivity index (χ1) is 14.1. The Labute approximate surface area is 176 Å². The molecule has 2 atom stereocenters. The molecule has 7 nitrogen and oxygen atoms in total. The molecule has 0 radical (unpaired) electrons. The lowest BCUT2D eigenvalue weighted by molar-refractivity contribution is -0.385.